The normalized spacial score (nSPS) is 12.9. The van der Waals surface area contributed by atoms with Gasteiger partial charge in [-0.05, 0) is 31.2 Å². The minimum Gasteiger partial charge on any atom is -0.397 e. The molecule has 0 saturated heterocycles. The zero-order chi connectivity index (χ0) is 28.2. The van der Waals surface area contributed by atoms with Crippen LogP contribution in [0, 0.1) is 0 Å². The molecule has 0 aromatic heterocycles. The maximum absolute atomic E-state index is 13.4. The molecule has 0 bridgehead atoms. The van der Waals surface area contributed by atoms with E-state index in [4.69, 9.17) is 5.73 Å². The second-order valence-electron chi connectivity index (χ2n) is 8.31. The van der Waals surface area contributed by atoms with Gasteiger partial charge < -0.3 is 16.4 Å². The van der Waals surface area contributed by atoms with Crippen LogP contribution in [-0.2, 0) is 25.0 Å². The largest absolute Gasteiger partial charge is 0.397 e. The van der Waals surface area contributed by atoms with E-state index in [9.17, 15) is 40.3 Å². The van der Waals surface area contributed by atoms with E-state index in [1.807, 2.05) is 0 Å². The fourth-order valence-corrected chi connectivity index (χ4v) is 5.22. The van der Waals surface area contributed by atoms with Gasteiger partial charge in [0.2, 0.25) is 0 Å². The van der Waals surface area contributed by atoms with Crippen LogP contribution in [0.2, 0.25) is 0 Å². The lowest BCUT2D eigenvalue weighted by molar-refractivity contribution is -0.112. The molecule has 4 rings (SSSR count). The summed E-state index contributed by atoms with van der Waals surface area (Å²) in [5, 5.41) is 4.94. The summed E-state index contributed by atoms with van der Waals surface area (Å²) in [6.07, 6.45) is 0. The first-order chi connectivity index (χ1) is 17.6. The number of carbonyl (C=O) groups excluding carboxylic acids is 3. The Morgan fingerprint density at radius 1 is 0.842 bits per heavy atom. The molecule has 196 valence electrons. The van der Waals surface area contributed by atoms with Gasteiger partial charge >= 0.3 is 0 Å². The highest BCUT2D eigenvalue weighted by molar-refractivity contribution is 7.86. The Kier molecular flexibility index (Phi) is 6.45. The molecule has 3 aromatic carbocycles. The van der Waals surface area contributed by atoms with Crippen molar-refractivity contribution in [2.45, 2.75) is 16.7 Å². The molecule has 0 fully saturated rings. The van der Waals surface area contributed by atoms with Crippen LogP contribution >= 0.6 is 0 Å². The van der Waals surface area contributed by atoms with Crippen LogP contribution in [0.15, 0.2) is 70.5 Å². The first-order valence-corrected chi connectivity index (χ1v) is 13.5. The van der Waals surface area contributed by atoms with Gasteiger partial charge in [0.1, 0.15) is 9.79 Å². The van der Waals surface area contributed by atoms with Crippen LogP contribution in [0.5, 0.6) is 0 Å². The number of anilines is 4. The summed E-state index contributed by atoms with van der Waals surface area (Å²) in [4.78, 5) is 37.0. The summed E-state index contributed by atoms with van der Waals surface area (Å²) in [5.41, 5.74) is 3.65. The van der Waals surface area contributed by atoms with Gasteiger partial charge in [0, 0.05) is 22.4 Å². The predicted molar refractivity (Wildman–Crippen MR) is 137 cm³/mol. The van der Waals surface area contributed by atoms with Crippen LogP contribution in [0.25, 0.3) is 0 Å². The number of ketones is 2. The molecule has 1 aliphatic rings. The minimum absolute atomic E-state index is 0.0140. The SMILES string of the molecule is C=C(C)C(=O)Nc1ccc(Nc2cc(S(=O)(=O)O)c(N)c3c2C(=O)c2ccccc2C3=O)c(S(=O)(=O)O)c1. The van der Waals surface area contributed by atoms with Crippen LogP contribution < -0.4 is 16.4 Å². The third kappa shape index (κ3) is 4.68. The number of amides is 1. The number of hydrogen-bond donors (Lipinski definition) is 5. The average molecular weight is 558 g/mol. The lowest BCUT2D eigenvalue weighted by atomic mass is 9.82. The molecule has 0 aliphatic heterocycles. The smallest absolute Gasteiger partial charge is 0.296 e. The summed E-state index contributed by atoms with van der Waals surface area (Å²) >= 11 is 0. The molecule has 1 amide bonds. The van der Waals surface area contributed by atoms with Crippen molar-refractivity contribution in [3.8, 4) is 0 Å². The number of nitrogens with two attached hydrogens (primary N) is 1. The molecule has 0 atom stereocenters. The Bertz CT molecular complexity index is 1810. The number of benzene rings is 3. The number of nitrogen functional groups attached to an aromatic ring is 1. The summed E-state index contributed by atoms with van der Waals surface area (Å²) in [7, 11) is -9.97. The first-order valence-electron chi connectivity index (χ1n) is 10.6. The lowest BCUT2D eigenvalue weighted by Gasteiger charge is -2.24. The van der Waals surface area contributed by atoms with E-state index in [0.717, 1.165) is 18.2 Å². The number of fused-ring (bicyclic) bond motifs is 2. The van der Waals surface area contributed by atoms with E-state index in [2.05, 4.69) is 17.2 Å². The molecular formula is C24H19N3O9S2. The highest BCUT2D eigenvalue weighted by atomic mass is 32.2. The summed E-state index contributed by atoms with van der Waals surface area (Å²) in [5.74, 6) is -2.15. The number of rotatable bonds is 6. The molecule has 1 aliphatic carbocycles. The summed E-state index contributed by atoms with van der Waals surface area (Å²) in [6.45, 7) is 4.89. The fourth-order valence-electron chi connectivity index (χ4n) is 3.91. The quantitative estimate of drug-likeness (QED) is 0.132. The Balaban J connectivity index is 1.96. The van der Waals surface area contributed by atoms with Gasteiger partial charge in [-0.15, -0.1) is 0 Å². The molecule has 14 heteroatoms. The highest BCUT2D eigenvalue weighted by Gasteiger charge is 2.36. The third-order valence-electron chi connectivity index (χ3n) is 5.65. The van der Waals surface area contributed by atoms with Gasteiger partial charge in [0.25, 0.3) is 26.1 Å². The summed E-state index contributed by atoms with van der Waals surface area (Å²) in [6, 6.07) is 9.78. The van der Waals surface area contributed by atoms with Crippen molar-refractivity contribution in [1.82, 2.24) is 0 Å². The van der Waals surface area contributed by atoms with E-state index in [1.54, 1.807) is 0 Å². The number of nitrogens with one attached hydrogen (secondary N) is 2. The second-order valence-corrected chi connectivity index (χ2v) is 11.1. The Morgan fingerprint density at radius 2 is 1.39 bits per heavy atom. The Morgan fingerprint density at radius 3 is 1.92 bits per heavy atom. The zero-order valence-electron chi connectivity index (χ0n) is 19.5. The monoisotopic (exact) mass is 557 g/mol. The van der Waals surface area contributed by atoms with Gasteiger partial charge in [0.05, 0.1) is 28.2 Å². The van der Waals surface area contributed by atoms with E-state index in [1.165, 1.54) is 37.3 Å². The minimum atomic E-state index is -5.02. The van der Waals surface area contributed by atoms with Gasteiger partial charge in [-0.1, -0.05) is 30.8 Å². The molecule has 0 heterocycles. The van der Waals surface area contributed by atoms with Gasteiger partial charge in [-0.25, -0.2) is 0 Å². The molecule has 0 radical (unpaired) electrons. The zero-order valence-corrected chi connectivity index (χ0v) is 21.1. The Hall–Kier alpha value is -4.37. The average Bonchev–Trinajstić information content (AvgIpc) is 2.82. The standard InChI is InChI=1S/C24H19N3O9S2/c1-11(2)24(30)26-12-7-8-15(17(9-12)37(31,32)33)27-16-10-18(38(34,35)36)21(25)20-19(16)22(28)13-5-3-4-6-14(13)23(20)29/h3-10,27H,1,25H2,2H3,(H,26,30)(H,31,32,33)(H,34,35,36). The van der Waals surface area contributed by atoms with Crippen molar-refractivity contribution in [2.24, 2.45) is 0 Å². The number of hydrogen-bond acceptors (Lipinski definition) is 9. The number of carbonyl (C=O) groups is 3. The maximum Gasteiger partial charge on any atom is 0.296 e. The maximum atomic E-state index is 13.4. The molecule has 0 saturated carbocycles. The van der Waals surface area contributed by atoms with Crippen LogP contribution in [-0.4, -0.2) is 43.4 Å². The van der Waals surface area contributed by atoms with Gasteiger partial charge in [-0.3, -0.25) is 23.5 Å². The van der Waals surface area contributed by atoms with Crippen molar-refractivity contribution < 1.29 is 40.3 Å². The molecule has 38 heavy (non-hydrogen) atoms. The van der Waals surface area contributed by atoms with Crippen molar-refractivity contribution in [3.63, 3.8) is 0 Å². The van der Waals surface area contributed by atoms with Crippen molar-refractivity contribution in [2.75, 3.05) is 16.4 Å². The first kappa shape index (κ1) is 26.7. The van der Waals surface area contributed by atoms with E-state index >= 15 is 0 Å². The molecule has 6 N–H and O–H groups in total. The molecule has 0 spiro atoms. The molecule has 12 nitrogen and oxygen atoms in total. The van der Waals surface area contributed by atoms with Gasteiger partial charge in [0.15, 0.2) is 11.6 Å². The predicted octanol–water partition coefficient (Wildman–Crippen LogP) is 2.80. The Labute approximate surface area is 216 Å². The van der Waals surface area contributed by atoms with E-state index in [-0.39, 0.29) is 33.6 Å². The second kappa shape index (κ2) is 9.18. The lowest BCUT2D eigenvalue weighted by Crippen LogP contribution is -2.25. The fraction of sp³-hybridized carbons (Fsp3) is 0.0417. The van der Waals surface area contributed by atoms with Crippen molar-refractivity contribution in [3.05, 3.63) is 82.9 Å². The molecule has 0 unspecified atom stereocenters. The van der Waals surface area contributed by atoms with E-state index < -0.39 is 64.4 Å². The third-order valence-corrected chi connectivity index (χ3v) is 7.44. The van der Waals surface area contributed by atoms with Crippen LogP contribution in [0.3, 0.4) is 0 Å². The molecular weight excluding hydrogens is 538 g/mol. The molecule has 3 aromatic rings. The summed E-state index contributed by atoms with van der Waals surface area (Å²) < 4.78 is 68.1. The highest BCUT2D eigenvalue weighted by Crippen LogP contribution is 2.41. The van der Waals surface area contributed by atoms with Crippen molar-refractivity contribution >= 4 is 60.5 Å². The topological polar surface area (TPSA) is 210 Å². The van der Waals surface area contributed by atoms with Crippen molar-refractivity contribution in [1.29, 1.82) is 0 Å². The van der Waals surface area contributed by atoms with Crippen LogP contribution in [0.4, 0.5) is 22.7 Å². The van der Waals surface area contributed by atoms with Crippen LogP contribution in [0.1, 0.15) is 38.8 Å². The van der Waals surface area contributed by atoms with E-state index in [0.29, 0.717) is 0 Å². The van der Waals surface area contributed by atoms with Gasteiger partial charge in [-0.2, -0.15) is 16.8 Å².